The van der Waals surface area contributed by atoms with Crippen molar-refractivity contribution >= 4 is 0 Å². The van der Waals surface area contributed by atoms with Gasteiger partial charge in [-0.3, -0.25) is 0 Å². The first-order chi connectivity index (χ1) is 7.63. The van der Waals surface area contributed by atoms with Gasteiger partial charge >= 0.3 is 0 Å². The Hall–Kier alpha value is -1.15. The van der Waals surface area contributed by atoms with E-state index in [0.717, 1.165) is 30.5 Å². The average molecular weight is 221 g/mol. The summed E-state index contributed by atoms with van der Waals surface area (Å²) in [5.41, 5.74) is 2.26. The standard InChI is InChI=1S/C14H20FN/c1-4-9-16-14(11(2)3)10-12-5-7-13(15)8-6-12/h5-8,14,16H,2,4,9-10H2,1,3H3. The predicted octanol–water partition coefficient (Wildman–Crippen LogP) is 3.31. The zero-order valence-corrected chi connectivity index (χ0v) is 10.1. The first kappa shape index (κ1) is 12.9. The summed E-state index contributed by atoms with van der Waals surface area (Å²) in [6, 6.07) is 6.96. The number of nitrogens with one attached hydrogen (secondary N) is 1. The van der Waals surface area contributed by atoms with Crippen molar-refractivity contribution in [1.82, 2.24) is 5.32 Å². The van der Waals surface area contributed by atoms with E-state index >= 15 is 0 Å². The van der Waals surface area contributed by atoms with Crippen LogP contribution in [0.15, 0.2) is 36.4 Å². The second-order valence-corrected chi connectivity index (χ2v) is 4.18. The van der Waals surface area contributed by atoms with Gasteiger partial charge in [0.05, 0.1) is 0 Å². The Bertz CT molecular complexity index is 329. The molecule has 0 fully saturated rings. The molecule has 0 aromatic heterocycles. The van der Waals surface area contributed by atoms with Crippen molar-refractivity contribution in [2.75, 3.05) is 6.54 Å². The fourth-order valence-corrected chi connectivity index (χ4v) is 1.60. The number of benzene rings is 1. The van der Waals surface area contributed by atoms with Crippen molar-refractivity contribution in [3.63, 3.8) is 0 Å². The number of hydrogen-bond donors (Lipinski definition) is 1. The van der Waals surface area contributed by atoms with Crippen LogP contribution in [0.1, 0.15) is 25.8 Å². The van der Waals surface area contributed by atoms with Gasteiger partial charge in [0, 0.05) is 6.04 Å². The lowest BCUT2D eigenvalue weighted by molar-refractivity contribution is 0.562. The highest BCUT2D eigenvalue weighted by atomic mass is 19.1. The van der Waals surface area contributed by atoms with Gasteiger partial charge in [0.15, 0.2) is 0 Å². The molecule has 1 N–H and O–H groups in total. The van der Waals surface area contributed by atoms with Crippen LogP contribution in [-0.4, -0.2) is 12.6 Å². The maximum atomic E-state index is 12.8. The topological polar surface area (TPSA) is 12.0 Å². The van der Waals surface area contributed by atoms with Crippen LogP contribution in [0, 0.1) is 5.82 Å². The zero-order chi connectivity index (χ0) is 12.0. The van der Waals surface area contributed by atoms with Crippen LogP contribution in [0.4, 0.5) is 4.39 Å². The van der Waals surface area contributed by atoms with Crippen LogP contribution in [0.2, 0.25) is 0 Å². The number of rotatable bonds is 6. The highest BCUT2D eigenvalue weighted by Gasteiger charge is 2.09. The monoisotopic (exact) mass is 221 g/mol. The SMILES string of the molecule is C=C(C)C(Cc1ccc(F)cc1)NCCC. The third kappa shape index (κ3) is 4.15. The van der Waals surface area contributed by atoms with Crippen molar-refractivity contribution in [2.45, 2.75) is 32.7 Å². The minimum atomic E-state index is -0.183. The minimum absolute atomic E-state index is 0.183. The van der Waals surface area contributed by atoms with Gasteiger partial charge in [-0.05, 0) is 44.0 Å². The molecule has 1 aromatic rings. The lowest BCUT2D eigenvalue weighted by Crippen LogP contribution is -2.32. The first-order valence-corrected chi connectivity index (χ1v) is 5.76. The highest BCUT2D eigenvalue weighted by Crippen LogP contribution is 2.10. The summed E-state index contributed by atoms with van der Waals surface area (Å²) in [4.78, 5) is 0. The van der Waals surface area contributed by atoms with Crippen molar-refractivity contribution in [1.29, 1.82) is 0 Å². The van der Waals surface area contributed by atoms with Gasteiger partial charge in [-0.1, -0.05) is 31.2 Å². The summed E-state index contributed by atoms with van der Waals surface area (Å²) in [5, 5.41) is 3.44. The maximum Gasteiger partial charge on any atom is 0.123 e. The van der Waals surface area contributed by atoms with E-state index in [2.05, 4.69) is 18.8 Å². The van der Waals surface area contributed by atoms with E-state index in [1.807, 2.05) is 19.1 Å². The largest absolute Gasteiger partial charge is 0.310 e. The van der Waals surface area contributed by atoms with Gasteiger partial charge in [-0.15, -0.1) is 0 Å². The fraction of sp³-hybridized carbons (Fsp3) is 0.429. The fourth-order valence-electron chi connectivity index (χ4n) is 1.60. The Morgan fingerprint density at radius 1 is 1.38 bits per heavy atom. The molecule has 2 heteroatoms. The predicted molar refractivity (Wildman–Crippen MR) is 67.0 cm³/mol. The molecule has 1 nitrogen and oxygen atoms in total. The Morgan fingerprint density at radius 2 is 2.00 bits per heavy atom. The van der Waals surface area contributed by atoms with Gasteiger partial charge in [-0.25, -0.2) is 4.39 Å². The molecule has 1 rings (SSSR count). The van der Waals surface area contributed by atoms with Gasteiger partial charge in [0.25, 0.3) is 0 Å². The van der Waals surface area contributed by atoms with E-state index in [4.69, 9.17) is 0 Å². The van der Waals surface area contributed by atoms with E-state index in [1.165, 1.54) is 12.1 Å². The molecule has 1 aromatic carbocycles. The summed E-state index contributed by atoms with van der Waals surface area (Å²) in [5.74, 6) is -0.183. The molecule has 0 aliphatic heterocycles. The van der Waals surface area contributed by atoms with Crippen LogP contribution in [0.25, 0.3) is 0 Å². The third-order valence-corrected chi connectivity index (χ3v) is 2.59. The molecular formula is C14H20FN. The Balaban J connectivity index is 2.60. The first-order valence-electron chi connectivity index (χ1n) is 5.76. The van der Waals surface area contributed by atoms with Crippen LogP contribution >= 0.6 is 0 Å². The summed E-state index contributed by atoms with van der Waals surface area (Å²) in [6.45, 7) is 9.13. The van der Waals surface area contributed by atoms with Gasteiger partial charge in [0.2, 0.25) is 0 Å². The lowest BCUT2D eigenvalue weighted by atomic mass is 10.0. The van der Waals surface area contributed by atoms with E-state index in [9.17, 15) is 4.39 Å². The van der Waals surface area contributed by atoms with Crippen LogP contribution < -0.4 is 5.32 Å². The van der Waals surface area contributed by atoms with Crippen LogP contribution in [0.3, 0.4) is 0 Å². The molecule has 0 saturated heterocycles. The Labute approximate surface area is 97.4 Å². The zero-order valence-electron chi connectivity index (χ0n) is 10.1. The van der Waals surface area contributed by atoms with Crippen molar-refractivity contribution in [3.8, 4) is 0 Å². The molecule has 0 aliphatic rings. The molecular weight excluding hydrogens is 201 g/mol. The summed E-state index contributed by atoms with van der Waals surface area (Å²) >= 11 is 0. The molecule has 0 radical (unpaired) electrons. The molecule has 0 heterocycles. The molecule has 1 atom stereocenters. The summed E-state index contributed by atoms with van der Waals surface area (Å²) < 4.78 is 12.8. The maximum absolute atomic E-state index is 12.8. The van der Waals surface area contributed by atoms with Gasteiger partial charge < -0.3 is 5.32 Å². The Morgan fingerprint density at radius 3 is 2.50 bits per heavy atom. The molecule has 1 unspecified atom stereocenters. The number of halogens is 1. The normalized spacial score (nSPS) is 12.4. The average Bonchev–Trinajstić information content (AvgIpc) is 2.26. The third-order valence-electron chi connectivity index (χ3n) is 2.59. The van der Waals surface area contributed by atoms with Crippen molar-refractivity contribution in [3.05, 3.63) is 47.8 Å². The quantitative estimate of drug-likeness (QED) is 0.727. The molecule has 0 aliphatic carbocycles. The van der Waals surface area contributed by atoms with Gasteiger partial charge in [0.1, 0.15) is 5.82 Å². The molecule has 0 amide bonds. The molecule has 88 valence electrons. The number of hydrogen-bond acceptors (Lipinski definition) is 1. The highest BCUT2D eigenvalue weighted by molar-refractivity contribution is 5.20. The Kier molecular flexibility index (Phi) is 5.20. The molecule has 0 bridgehead atoms. The summed E-state index contributed by atoms with van der Waals surface area (Å²) in [6.07, 6.45) is 1.98. The lowest BCUT2D eigenvalue weighted by Gasteiger charge is -2.18. The molecule has 0 spiro atoms. The van der Waals surface area contributed by atoms with Crippen LogP contribution in [0.5, 0.6) is 0 Å². The van der Waals surface area contributed by atoms with E-state index in [1.54, 1.807) is 0 Å². The van der Waals surface area contributed by atoms with E-state index in [-0.39, 0.29) is 11.9 Å². The van der Waals surface area contributed by atoms with Crippen LogP contribution in [-0.2, 0) is 6.42 Å². The second-order valence-electron chi connectivity index (χ2n) is 4.18. The van der Waals surface area contributed by atoms with E-state index in [0.29, 0.717) is 0 Å². The molecule has 16 heavy (non-hydrogen) atoms. The summed E-state index contributed by atoms with van der Waals surface area (Å²) in [7, 11) is 0. The van der Waals surface area contributed by atoms with Crippen molar-refractivity contribution in [2.24, 2.45) is 0 Å². The minimum Gasteiger partial charge on any atom is -0.310 e. The smallest absolute Gasteiger partial charge is 0.123 e. The second kappa shape index (κ2) is 6.44. The van der Waals surface area contributed by atoms with Crippen molar-refractivity contribution < 1.29 is 4.39 Å². The van der Waals surface area contributed by atoms with Gasteiger partial charge in [-0.2, -0.15) is 0 Å². The van der Waals surface area contributed by atoms with E-state index < -0.39 is 0 Å². The molecule has 0 saturated carbocycles.